The van der Waals surface area contributed by atoms with Gasteiger partial charge in [-0.2, -0.15) is 0 Å². The number of likely N-dealkylation sites (N-methyl/N-ethyl adjacent to an activating group) is 1. The molecular formula is C13H14N5O. The first kappa shape index (κ1) is 12.0. The SMILES string of the molecule is CN1CCNCC1c1[c]c2nnn(C=C=O)c2cc1. The number of nitrogens with one attached hydrogen (secondary N) is 1. The van der Waals surface area contributed by atoms with E-state index in [1.165, 1.54) is 10.9 Å². The molecule has 1 aliphatic rings. The van der Waals surface area contributed by atoms with Gasteiger partial charge in [0, 0.05) is 31.7 Å². The highest BCUT2D eigenvalue weighted by molar-refractivity contribution is 5.79. The molecule has 1 aromatic heterocycles. The molecule has 0 bridgehead atoms. The molecule has 0 aliphatic carbocycles. The average molecular weight is 256 g/mol. The first-order valence-corrected chi connectivity index (χ1v) is 6.18. The number of carbonyl (C=O) groups excluding carboxylic acids is 1. The second-order valence-electron chi connectivity index (χ2n) is 4.63. The van der Waals surface area contributed by atoms with Gasteiger partial charge in [0.15, 0.2) is 0 Å². The van der Waals surface area contributed by atoms with Crippen LogP contribution < -0.4 is 5.32 Å². The second-order valence-corrected chi connectivity index (χ2v) is 4.63. The fraction of sp³-hybridized carbons (Fsp3) is 0.385. The van der Waals surface area contributed by atoms with Crippen LogP contribution in [0.2, 0.25) is 0 Å². The number of aromatic nitrogens is 3. The molecule has 1 saturated heterocycles. The summed E-state index contributed by atoms with van der Waals surface area (Å²) in [7, 11) is 2.11. The molecule has 1 aromatic carbocycles. The molecule has 1 fully saturated rings. The fourth-order valence-electron chi connectivity index (χ4n) is 2.39. The zero-order valence-corrected chi connectivity index (χ0v) is 10.6. The lowest BCUT2D eigenvalue weighted by Gasteiger charge is -2.33. The maximum Gasteiger partial charge on any atom is 0.144 e. The van der Waals surface area contributed by atoms with Gasteiger partial charge in [-0.15, -0.1) is 5.10 Å². The van der Waals surface area contributed by atoms with Crippen LogP contribution in [0.3, 0.4) is 0 Å². The van der Waals surface area contributed by atoms with E-state index in [0.717, 1.165) is 30.7 Å². The van der Waals surface area contributed by atoms with Crippen molar-refractivity contribution in [2.45, 2.75) is 6.04 Å². The van der Waals surface area contributed by atoms with Gasteiger partial charge in [-0.05, 0) is 18.7 Å². The summed E-state index contributed by atoms with van der Waals surface area (Å²) in [6, 6.07) is 7.50. The van der Waals surface area contributed by atoms with Gasteiger partial charge in [-0.1, -0.05) is 11.3 Å². The molecular weight excluding hydrogens is 242 g/mol. The fourth-order valence-corrected chi connectivity index (χ4v) is 2.39. The van der Waals surface area contributed by atoms with Crippen LogP contribution in [0.5, 0.6) is 0 Å². The van der Waals surface area contributed by atoms with E-state index in [0.29, 0.717) is 11.6 Å². The highest BCUT2D eigenvalue weighted by atomic mass is 16.1. The van der Waals surface area contributed by atoms with Crippen molar-refractivity contribution in [2.75, 3.05) is 26.7 Å². The molecule has 1 radical (unpaired) electrons. The molecule has 3 rings (SSSR count). The maximum absolute atomic E-state index is 10.4. The minimum atomic E-state index is 0.296. The third kappa shape index (κ3) is 2.17. The summed E-state index contributed by atoms with van der Waals surface area (Å²) in [5, 5.41) is 11.3. The summed E-state index contributed by atoms with van der Waals surface area (Å²) in [5.74, 6) is 1.70. The lowest BCUT2D eigenvalue weighted by molar-refractivity contribution is 0.202. The Balaban J connectivity index is 2.00. The molecule has 0 spiro atoms. The van der Waals surface area contributed by atoms with E-state index in [9.17, 15) is 4.79 Å². The summed E-state index contributed by atoms with van der Waals surface area (Å²) in [6.45, 7) is 2.92. The zero-order valence-electron chi connectivity index (χ0n) is 10.6. The maximum atomic E-state index is 10.4. The normalized spacial score (nSPS) is 20.4. The van der Waals surface area contributed by atoms with Crippen LogP contribution in [-0.4, -0.2) is 52.5 Å². The van der Waals surface area contributed by atoms with Gasteiger partial charge in [0.2, 0.25) is 0 Å². The van der Waals surface area contributed by atoms with Crippen molar-refractivity contribution in [1.29, 1.82) is 0 Å². The van der Waals surface area contributed by atoms with E-state index in [2.05, 4.69) is 33.6 Å². The van der Waals surface area contributed by atoms with Crippen LogP contribution >= 0.6 is 0 Å². The van der Waals surface area contributed by atoms with E-state index < -0.39 is 0 Å². The second kappa shape index (κ2) is 4.93. The van der Waals surface area contributed by atoms with Crippen molar-refractivity contribution in [3.63, 3.8) is 0 Å². The summed E-state index contributed by atoms with van der Waals surface area (Å²) >= 11 is 0. The Labute approximate surface area is 110 Å². The van der Waals surface area contributed by atoms with Gasteiger partial charge in [-0.3, -0.25) is 4.90 Å². The predicted molar refractivity (Wildman–Crippen MR) is 71.1 cm³/mol. The van der Waals surface area contributed by atoms with Crippen LogP contribution in [-0.2, 0) is 4.79 Å². The number of hydrogen-bond acceptors (Lipinski definition) is 5. The smallest absolute Gasteiger partial charge is 0.144 e. The van der Waals surface area contributed by atoms with Gasteiger partial charge < -0.3 is 5.32 Å². The zero-order chi connectivity index (χ0) is 13.2. The van der Waals surface area contributed by atoms with Crippen molar-refractivity contribution in [2.24, 2.45) is 0 Å². The summed E-state index contributed by atoms with van der Waals surface area (Å²) in [6.07, 6.45) is 1.22. The number of rotatable bonds is 2. The molecule has 1 aliphatic heterocycles. The summed E-state index contributed by atoms with van der Waals surface area (Å²) < 4.78 is 1.41. The molecule has 6 heteroatoms. The van der Waals surface area contributed by atoms with Gasteiger partial charge >= 0.3 is 0 Å². The van der Waals surface area contributed by atoms with Crippen molar-refractivity contribution < 1.29 is 4.79 Å². The topological polar surface area (TPSA) is 63.0 Å². The van der Waals surface area contributed by atoms with Crippen molar-refractivity contribution >= 4 is 23.2 Å². The van der Waals surface area contributed by atoms with Crippen LogP contribution in [0.1, 0.15) is 11.6 Å². The van der Waals surface area contributed by atoms with Gasteiger partial charge in [0.1, 0.15) is 17.7 Å². The van der Waals surface area contributed by atoms with Crippen molar-refractivity contribution in [3.05, 3.63) is 23.8 Å². The van der Waals surface area contributed by atoms with Crippen LogP contribution in [0.25, 0.3) is 17.2 Å². The average Bonchev–Trinajstić information content (AvgIpc) is 2.82. The Bertz CT molecular complexity index is 644. The lowest BCUT2D eigenvalue weighted by atomic mass is 10.0. The molecule has 1 unspecified atom stereocenters. The van der Waals surface area contributed by atoms with E-state index in [1.807, 2.05) is 12.1 Å². The molecule has 2 heterocycles. The number of fused-ring (bicyclic) bond motifs is 1. The summed E-state index contributed by atoms with van der Waals surface area (Å²) in [5.41, 5.74) is 2.52. The molecule has 0 amide bonds. The first-order chi connectivity index (χ1) is 9.29. The van der Waals surface area contributed by atoms with Gasteiger partial charge in [-0.25, -0.2) is 9.48 Å². The van der Waals surface area contributed by atoms with Crippen LogP contribution in [0, 0.1) is 6.07 Å². The largest absolute Gasteiger partial charge is 0.314 e. The van der Waals surface area contributed by atoms with E-state index >= 15 is 0 Å². The molecule has 1 atom stereocenters. The van der Waals surface area contributed by atoms with Gasteiger partial charge in [0.25, 0.3) is 0 Å². The minimum Gasteiger partial charge on any atom is -0.314 e. The standard InChI is InChI=1S/C13H14N5O/c1-17-5-4-14-9-13(17)10-2-3-12-11(8-10)15-16-18(12)6-7-19/h2-3,6,13-14H,4-5,9H2,1H3. The monoisotopic (exact) mass is 256 g/mol. The third-order valence-electron chi connectivity index (χ3n) is 3.46. The van der Waals surface area contributed by atoms with E-state index in [1.54, 1.807) is 5.94 Å². The molecule has 97 valence electrons. The highest BCUT2D eigenvalue weighted by Crippen LogP contribution is 2.23. The highest BCUT2D eigenvalue weighted by Gasteiger charge is 2.21. The minimum absolute atomic E-state index is 0.296. The number of benzene rings is 1. The molecule has 6 nitrogen and oxygen atoms in total. The molecule has 0 saturated carbocycles. The van der Waals surface area contributed by atoms with Crippen molar-refractivity contribution in [1.82, 2.24) is 25.2 Å². The Morgan fingerprint density at radius 3 is 3.26 bits per heavy atom. The van der Waals surface area contributed by atoms with Crippen LogP contribution in [0.15, 0.2) is 12.1 Å². The van der Waals surface area contributed by atoms with Crippen molar-refractivity contribution in [3.8, 4) is 0 Å². The van der Waals surface area contributed by atoms with Crippen LogP contribution in [0.4, 0.5) is 0 Å². The number of hydrogen-bond donors (Lipinski definition) is 1. The summed E-state index contributed by atoms with van der Waals surface area (Å²) in [4.78, 5) is 12.7. The molecule has 2 aromatic rings. The molecule has 19 heavy (non-hydrogen) atoms. The number of nitrogens with zero attached hydrogens (tertiary/aromatic N) is 4. The predicted octanol–water partition coefficient (Wildman–Crippen LogP) is 0.110. The van der Waals surface area contributed by atoms with Gasteiger partial charge in [0.05, 0.1) is 5.52 Å². The first-order valence-electron chi connectivity index (χ1n) is 6.18. The Morgan fingerprint density at radius 1 is 1.58 bits per heavy atom. The van der Waals surface area contributed by atoms with E-state index in [-0.39, 0.29) is 0 Å². The Kier molecular flexibility index (Phi) is 3.13. The quantitative estimate of drug-likeness (QED) is 0.773. The number of piperazine rings is 1. The Morgan fingerprint density at radius 2 is 2.47 bits per heavy atom. The molecule has 1 N–H and O–H groups in total. The Hall–Kier alpha value is -2.01. The lowest BCUT2D eigenvalue weighted by Crippen LogP contribution is -2.43. The third-order valence-corrected chi connectivity index (χ3v) is 3.46. The van der Waals surface area contributed by atoms with E-state index in [4.69, 9.17) is 0 Å².